The van der Waals surface area contributed by atoms with Gasteiger partial charge in [0.15, 0.2) is 0 Å². The van der Waals surface area contributed by atoms with Gasteiger partial charge in [-0.1, -0.05) is 13.3 Å². The molecule has 96 valence electrons. The molecule has 0 spiro atoms. The minimum absolute atomic E-state index is 0.0612. The zero-order chi connectivity index (χ0) is 12.2. The SMILES string of the molecule is CCC1CCN(C(CN)CC(C)(C)OC)C1. The third kappa shape index (κ3) is 3.72. The van der Waals surface area contributed by atoms with Crippen LogP contribution < -0.4 is 5.73 Å². The van der Waals surface area contributed by atoms with E-state index in [2.05, 4.69) is 25.7 Å². The summed E-state index contributed by atoms with van der Waals surface area (Å²) >= 11 is 0. The molecule has 0 aliphatic carbocycles. The summed E-state index contributed by atoms with van der Waals surface area (Å²) in [5, 5.41) is 0. The summed E-state index contributed by atoms with van der Waals surface area (Å²) in [4.78, 5) is 2.55. The third-order valence-electron chi connectivity index (χ3n) is 3.96. The lowest BCUT2D eigenvalue weighted by molar-refractivity contribution is -0.00519. The predicted octanol–water partition coefficient (Wildman–Crippen LogP) is 1.86. The molecule has 1 saturated heterocycles. The smallest absolute Gasteiger partial charge is 0.0638 e. The van der Waals surface area contributed by atoms with Crippen molar-refractivity contribution >= 4 is 0 Å². The van der Waals surface area contributed by atoms with E-state index < -0.39 is 0 Å². The van der Waals surface area contributed by atoms with Gasteiger partial charge in [-0.25, -0.2) is 0 Å². The number of nitrogens with two attached hydrogens (primary N) is 1. The molecule has 1 heterocycles. The minimum Gasteiger partial charge on any atom is -0.379 e. The lowest BCUT2D eigenvalue weighted by atomic mass is 9.97. The first-order chi connectivity index (χ1) is 7.52. The second kappa shape index (κ2) is 5.99. The molecule has 16 heavy (non-hydrogen) atoms. The molecule has 0 radical (unpaired) electrons. The zero-order valence-corrected chi connectivity index (χ0v) is 11.3. The largest absolute Gasteiger partial charge is 0.379 e. The van der Waals surface area contributed by atoms with Crippen molar-refractivity contribution in [2.45, 2.75) is 51.7 Å². The number of likely N-dealkylation sites (tertiary alicyclic amines) is 1. The molecule has 3 heteroatoms. The first-order valence-corrected chi connectivity index (χ1v) is 6.51. The second-order valence-electron chi connectivity index (χ2n) is 5.62. The minimum atomic E-state index is -0.0612. The number of methoxy groups -OCH3 is 1. The van der Waals surface area contributed by atoms with Gasteiger partial charge in [0.2, 0.25) is 0 Å². The van der Waals surface area contributed by atoms with Crippen molar-refractivity contribution in [3.63, 3.8) is 0 Å². The van der Waals surface area contributed by atoms with Gasteiger partial charge in [-0.3, -0.25) is 4.90 Å². The van der Waals surface area contributed by atoms with Crippen molar-refractivity contribution < 1.29 is 4.74 Å². The van der Waals surface area contributed by atoms with Gasteiger partial charge in [-0.15, -0.1) is 0 Å². The molecule has 1 rings (SSSR count). The van der Waals surface area contributed by atoms with Crippen molar-refractivity contribution in [3.05, 3.63) is 0 Å². The quantitative estimate of drug-likeness (QED) is 0.754. The third-order valence-corrected chi connectivity index (χ3v) is 3.96. The van der Waals surface area contributed by atoms with E-state index in [-0.39, 0.29) is 5.60 Å². The Balaban J connectivity index is 2.49. The molecular formula is C13H28N2O. The Labute approximate surface area is 100 Å². The molecule has 0 amide bonds. The van der Waals surface area contributed by atoms with Gasteiger partial charge in [-0.05, 0) is 39.2 Å². The average molecular weight is 228 g/mol. The van der Waals surface area contributed by atoms with Crippen LogP contribution in [0.1, 0.15) is 40.0 Å². The van der Waals surface area contributed by atoms with Crippen LogP contribution in [0.3, 0.4) is 0 Å². The number of hydrogen-bond acceptors (Lipinski definition) is 3. The first-order valence-electron chi connectivity index (χ1n) is 6.51. The van der Waals surface area contributed by atoms with Gasteiger partial charge in [0, 0.05) is 26.2 Å². The highest BCUT2D eigenvalue weighted by Crippen LogP contribution is 2.25. The molecule has 2 atom stereocenters. The summed E-state index contributed by atoms with van der Waals surface area (Å²) < 4.78 is 5.50. The van der Waals surface area contributed by atoms with Crippen molar-refractivity contribution in [2.75, 3.05) is 26.7 Å². The Morgan fingerprint density at radius 1 is 1.50 bits per heavy atom. The van der Waals surface area contributed by atoms with E-state index in [1.165, 1.54) is 25.9 Å². The van der Waals surface area contributed by atoms with Crippen molar-refractivity contribution in [1.82, 2.24) is 4.90 Å². The lowest BCUT2D eigenvalue weighted by Gasteiger charge is -2.33. The van der Waals surface area contributed by atoms with E-state index in [9.17, 15) is 0 Å². The van der Waals surface area contributed by atoms with Crippen LogP contribution in [0.15, 0.2) is 0 Å². The fourth-order valence-corrected chi connectivity index (χ4v) is 2.54. The number of ether oxygens (including phenoxy) is 1. The monoisotopic (exact) mass is 228 g/mol. The van der Waals surface area contributed by atoms with E-state index >= 15 is 0 Å². The highest BCUT2D eigenvalue weighted by molar-refractivity contribution is 4.86. The zero-order valence-electron chi connectivity index (χ0n) is 11.3. The maximum absolute atomic E-state index is 5.90. The maximum atomic E-state index is 5.90. The standard InChI is InChI=1S/C13H28N2O/c1-5-11-6-7-15(10-11)12(9-14)8-13(2,3)16-4/h11-12H,5-10,14H2,1-4H3. The molecule has 2 unspecified atom stereocenters. The number of nitrogens with zero attached hydrogens (tertiary/aromatic N) is 1. The molecule has 0 aromatic carbocycles. The summed E-state index contributed by atoms with van der Waals surface area (Å²) in [5.74, 6) is 0.875. The van der Waals surface area contributed by atoms with E-state index in [1.54, 1.807) is 7.11 Å². The molecule has 0 aromatic heterocycles. The Bertz CT molecular complexity index is 206. The highest BCUT2D eigenvalue weighted by atomic mass is 16.5. The predicted molar refractivity (Wildman–Crippen MR) is 68.5 cm³/mol. The molecule has 0 bridgehead atoms. The molecule has 1 aliphatic rings. The van der Waals surface area contributed by atoms with Crippen LogP contribution in [0.25, 0.3) is 0 Å². The molecule has 2 N–H and O–H groups in total. The lowest BCUT2D eigenvalue weighted by Crippen LogP contribution is -2.44. The summed E-state index contributed by atoms with van der Waals surface area (Å²) in [6.07, 6.45) is 3.65. The van der Waals surface area contributed by atoms with E-state index in [1.807, 2.05) is 0 Å². The van der Waals surface area contributed by atoms with Crippen LogP contribution in [-0.4, -0.2) is 43.3 Å². The molecule has 1 fully saturated rings. The normalized spacial score (nSPS) is 24.9. The number of rotatable bonds is 6. The fraction of sp³-hybridized carbons (Fsp3) is 1.00. The van der Waals surface area contributed by atoms with Crippen LogP contribution >= 0.6 is 0 Å². The molecule has 0 aromatic rings. The highest BCUT2D eigenvalue weighted by Gasteiger charge is 2.30. The first kappa shape index (κ1) is 13.9. The number of hydrogen-bond donors (Lipinski definition) is 1. The second-order valence-corrected chi connectivity index (χ2v) is 5.62. The summed E-state index contributed by atoms with van der Waals surface area (Å²) in [5.41, 5.74) is 5.84. The van der Waals surface area contributed by atoms with Gasteiger partial charge in [-0.2, -0.15) is 0 Å². The van der Waals surface area contributed by atoms with Gasteiger partial charge >= 0.3 is 0 Å². The Morgan fingerprint density at radius 3 is 2.62 bits per heavy atom. The molecular weight excluding hydrogens is 200 g/mol. The van der Waals surface area contributed by atoms with E-state index in [0.717, 1.165) is 18.9 Å². The van der Waals surface area contributed by atoms with Gasteiger partial charge in [0.05, 0.1) is 5.60 Å². The van der Waals surface area contributed by atoms with Crippen molar-refractivity contribution in [3.8, 4) is 0 Å². The van der Waals surface area contributed by atoms with Gasteiger partial charge in [0.1, 0.15) is 0 Å². The van der Waals surface area contributed by atoms with Gasteiger partial charge < -0.3 is 10.5 Å². The van der Waals surface area contributed by atoms with Crippen LogP contribution in [0, 0.1) is 5.92 Å². The average Bonchev–Trinajstić information content (AvgIpc) is 2.74. The molecule has 3 nitrogen and oxygen atoms in total. The fourth-order valence-electron chi connectivity index (χ4n) is 2.54. The van der Waals surface area contributed by atoms with Crippen molar-refractivity contribution in [2.24, 2.45) is 11.7 Å². The van der Waals surface area contributed by atoms with E-state index in [0.29, 0.717) is 6.04 Å². The van der Waals surface area contributed by atoms with E-state index in [4.69, 9.17) is 10.5 Å². The van der Waals surface area contributed by atoms with Gasteiger partial charge in [0.25, 0.3) is 0 Å². The van der Waals surface area contributed by atoms with Crippen LogP contribution in [0.4, 0.5) is 0 Å². The maximum Gasteiger partial charge on any atom is 0.0638 e. The topological polar surface area (TPSA) is 38.5 Å². The Morgan fingerprint density at radius 2 is 2.19 bits per heavy atom. The van der Waals surface area contributed by atoms with Crippen molar-refractivity contribution in [1.29, 1.82) is 0 Å². The van der Waals surface area contributed by atoms with Crippen LogP contribution in [0.2, 0.25) is 0 Å². The summed E-state index contributed by atoms with van der Waals surface area (Å²) in [6.45, 7) is 9.73. The molecule has 0 saturated carbocycles. The summed E-state index contributed by atoms with van der Waals surface area (Å²) in [7, 11) is 1.78. The van der Waals surface area contributed by atoms with Crippen LogP contribution in [0.5, 0.6) is 0 Å². The summed E-state index contributed by atoms with van der Waals surface area (Å²) in [6, 6.07) is 0.478. The van der Waals surface area contributed by atoms with Crippen LogP contribution in [-0.2, 0) is 4.74 Å². The Kier molecular flexibility index (Phi) is 5.22. The Hall–Kier alpha value is -0.120. The molecule has 1 aliphatic heterocycles.